The predicted octanol–water partition coefficient (Wildman–Crippen LogP) is 0.947. The number of rotatable bonds is 4. The van der Waals surface area contributed by atoms with E-state index in [1.807, 2.05) is 4.90 Å². The molecule has 2 saturated heterocycles. The first kappa shape index (κ1) is 19.2. The topological polar surface area (TPSA) is 99.0 Å². The number of primary amides is 1. The number of nitrogens with two attached hydrogens (primary N) is 1. The van der Waals surface area contributed by atoms with Gasteiger partial charge in [0.25, 0.3) is 5.91 Å². The quantitative estimate of drug-likeness (QED) is 0.821. The summed E-state index contributed by atoms with van der Waals surface area (Å²) >= 11 is 0. The molecule has 0 aromatic heterocycles. The fourth-order valence-electron chi connectivity index (χ4n) is 3.60. The number of urea groups is 1. The molecule has 0 saturated carbocycles. The van der Waals surface area contributed by atoms with Crippen LogP contribution in [0.15, 0.2) is 24.3 Å². The number of amides is 4. The number of benzene rings is 1. The Labute approximate surface area is 159 Å². The lowest BCUT2D eigenvalue weighted by atomic mass is 10.1. The molecule has 4 amide bonds. The van der Waals surface area contributed by atoms with Crippen molar-refractivity contribution in [3.63, 3.8) is 0 Å². The summed E-state index contributed by atoms with van der Waals surface area (Å²) in [7, 11) is 0. The maximum absolute atomic E-state index is 12.7. The molecule has 1 aromatic carbocycles. The van der Waals surface area contributed by atoms with Crippen molar-refractivity contribution in [1.82, 2.24) is 14.7 Å². The van der Waals surface area contributed by atoms with Crippen molar-refractivity contribution >= 4 is 23.5 Å². The zero-order chi connectivity index (χ0) is 19.2. The first-order valence-electron chi connectivity index (χ1n) is 9.49. The van der Waals surface area contributed by atoms with Crippen LogP contribution < -0.4 is 11.1 Å². The van der Waals surface area contributed by atoms with Crippen molar-refractivity contribution in [2.75, 3.05) is 51.1 Å². The average Bonchev–Trinajstić information content (AvgIpc) is 2.68. The lowest BCUT2D eigenvalue weighted by molar-refractivity contribution is -0.133. The lowest BCUT2D eigenvalue weighted by Crippen LogP contribution is -2.52. The van der Waals surface area contributed by atoms with Crippen LogP contribution in [-0.4, -0.2) is 78.4 Å². The van der Waals surface area contributed by atoms with Crippen LogP contribution >= 0.6 is 0 Å². The molecule has 146 valence electrons. The summed E-state index contributed by atoms with van der Waals surface area (Å²) in [4.78, 5) is 41.9. The molecular formula is C19H27N5O3. The highest BCUT2D eigenvalue weighted by Crippen LogP contribution is 2.15. The van der Waals surface area contributed by atoms with Crippen LogP contribution in [0.2, 0.25) is 0 Å². The SMILES string of the molecule is NC(=O)Nc1cccc(C(=O)N2CCN(CC(=O)N3CCCCC3)CC2)c1. The molecule has 0 atom stereocenters. The van der Waals surface area contributed by atoms with E-state index >= 15 is 0 Å². The Balaban J connectivity index is 1.50. The summed E-state index contributed by atoms with van der Waals surface area (Å²) in [5.41, 5.74) is 6.13. The lowest BCUT2D eigenvalue weighted by Gasteiger charge is -2.36. The van der Waals surface area contributed by atoms with Crippen molar-refractivity contribution in [3.8, 4) is 0 Å². The van der Waals surface area contributed by atoms with Gasteiger partial charge in [0.1, 0.15) is 0 Å². The Hall–Kier alpha value is -2.61. The van der Waals surface area contributed by atoms with Crippen LogP contribution in [0.1, 0.15) is 29.6 Å². The molecule has 0 radical (unpaired) electrons. The third-order valence-electron chi connectivity index (χ3n) is 5.10. The van der Waals surface area contributed by atoms with Gasteiger partial charge in [0.15, 0.2) is 0 Å². The number of piperidine rings is 1. The van der Waals surface area contributed by atoms with E-state index < -0.39 is 6.03 Å². The third kappa shape index (κ3) is 5.19. The highest BCUT2D eigenvalue weighted by Gasteiger charge is 2.25. The second kappa shape index (κ2) is 8.85. The standard InChI is InChI=1S/C19H27N5O3/c20-19(27)21-16-6-4-5-15(13-16)18(26)24-11-9-22(10-12-24)14-17(25)23-7-2-1-3-8-23/h4-6,13H,1-3,7-12,14H2,(H3,20,21,27). The van der Waals surface area contributed by atoms with E-state index in [4.69, 9.17) is 5.73 Å². The maximum Gasteiger partial charge on any atom is 0.316 e. The highest BCUT2D eigenvalue weighted by atomic mass is 16.2. The van der Waals surface area contributed by atoms with E-state index in [9.17, 15) is 14.4 Å². The molecule has 0 aliphatic carbocycles. The second-order valence-corrected chi connectivity index (χ2v) is 7.08. The predicted molar refractivity (Wildman–Crippen MR) is 102 cm³/mol. The Kier molecular flexibility index (Phi) is 6.28. The number of hydrogen-bond donors (Lipinski definition) is 2. The molecule has 3 N–H and O–H groups in total. The van der Waals surface area contributed by atoms with Gasteiger partial charge >= 0.3 is 6.03 Å². The van der Waals surface area contributed by atoms with E-state index in [1.165, 1.54) is 6.42 Å². The normalized spacial score (nSPS) is 18.2. The molecular weight excluding hydrogens is 346 g/mol. The number of hydrogen-bond acceptors (Lipinski definition) is 4. The van der Waals surface area contributed by atoms with Crippen LogP contribution in [0.5, 0.6) is 0 Å². The molecule has 8 nitrogen and oxygen atoms in total. The number of carbonyl (C=O) groups excluding carboxylic acids is 3. The molecule has 1 aromatic rings. The molecule has 2 fully saturated rings. The minimum atomic E-state index is -0.661. The second-order valence-electron chi connectivity index (χ2n) is 7.08. The molecule has 0 unspecified atom stereocenters. The van der Waals surface area contributed by atoms with Crippen LogP contribution in [0.4, 0.5) is 10.5 Å². The maximum atomic E-state index is 12.7. The largest absolute Gasteiger partial charge is 0.351 e. The molecule has 3 rings (SSSR count). The van der Waals surface area contributed by atoms with Crippen molar-refractivity contribution < 1.29 is 14.4 Å². The summed E-state index contributed by atoms with van der Waals surface area (Å²) in [5.74, 6) is 0.116. The molecule has 2 heterocycles. The van der Waals surface area contributed by atoms with Crippen molar-refractivity contribution in [1.29, 1.82) is 0 Å². The molecule has 8 heteroatoms. The van der Waals surface area contributed by atoms with E-state index in [-0.39, 0.29) is 11.8 Å². The summed E-state index contributed by atoms with van der Waals surface area (Å²) in [5, 5.41) is 2.48. The number of nitrogens with one attached hydrogen (secondary N) is 1. The van der Waals surface area contributed by atoms with E-state index in [0.717, 1.165) is 25.9 Å². The van der Waals surface area contributed by atoms with E-state index in [0.29, 0.717) is 44.0 Å². The minimum Gasteiger partial charge on any atom is -0.351 e. The Morgan fingerprint density at radius 2 is 1.63 bits per heavy atom. The Morgan fingerprint density at radius 3 is 2.30 bits per heavy atom. The molecule has 0 spiro atoms. The number of likely N-dealkylation sites (tertiary alicyclic amines) is 1. The Morgan fingerprint density at radius 1 is 0.926 bits per heavy atom. The van der Waals surface area contributed by atoms with Crippen LogP contribution in [0.3, 0.4) is 0 Å². The van der Waals surface area contributed by atoms with Gasteiger partial charge in [-0.25, -0.2) is 4.79 Å². The van der Waals surface area contributed by atoms with Crippen molar-refractivity contribution in [2.24, 2.45) is 5.73 Å². The smallest absolute Gasteiger partial charge is 0.316 e. The van der Waals surface area contributed by atoms with Gasteiger partial charge in [0.2, 0.25) is 5.91 Å². The first-order chi connectivity index (χ1) is 13.0. The summed E-state index contributed by atoms with van der Waals surface area (Å²) in [6.45, 7) is 4.70. The summed E-state index contributed by atoms with van der Waals surface area (Å²) in [6, 6.07) is 6.09. The van der Waals surface area contributed by atoms with Gasteiger partial charge in [-0.2, -0.15) is 0 Å². The van der Waals surface area contributed by atoms with Gasteiger partial charge in [-0.1, -0.05) is 6.07 Å². The van der Waals surface area contributed by atoms with E-state index in [1.54, 1.807) is 29.2 Å². The van der Waals surface area contributed by atoms with Gasteiger partial charge in [0.05, 0.1) is 6.54 Å². The zero-order valence-corrected chi connectivity index (χ0v) is 15.5. The van der Waals surface area contributed by atoms with Gasteiger partial charge in [-0.3, -0.25) is 14.5 Å². The molecule has 2 aliphatic heterocycles. The van der Waals surface area contributed by atoms with Crippen LogP contribution in [0, 0.1) is 0 Å². The van der Waals surface area contributed by atoms with Crippen molar-refractivity contribution in [3.05, 3.63) is 29.8 Å². The summed E-state index contributed by atoms with van der Waals surface area (Å²) in [6.07, 6.45) is 3.40. The van der Waals surface area contributed by atoms with E-state index in [2.05, 4.69) is 10.2 Å². The monoisotopic (exact) mass is 373 g/mol. The fraction of sp³-hybridized carbons (Fsp3) is 0.526. The highest BCUT2D eigenvalue weighted by molar-refractivity contribution is 5.96. The van der Waals surface area contributed by atoms with Crippen LogP contribution in [0.25, 0.3) is 0 Å². The van der Waals surface area contributed by atoms with Gasteiger partial charge in [-0.05, 0) is 37.5 Å². The molecule has 2 aliphatic rings. The van der Waals surface area contributed by atoms with Gasteiger partial charge in [0, 0.05) is 50.5 Å². The number of anilines is 1. The number of carbonyl (C=O) groups is 3. The number of piperazine rings is 1. The molecule has 0 bridgehead atoms. The van der Waals surface area contributed by atoms with Gasteiger partial charge in [-0.15, -0.1) is 0 Å². The van der Waals surface area contributed by atoms with Crippen LogP contribution in [-0.2, 0) is 4.79 Å². The fourth-order valence-corrected chi connectivity index (χ4v) is 3.60. The average molecular weight is 373 g/mol. The zero-order valence-electron chi connectivity index (χ0n) is 15.5. The van der Waals surface area contributed by atoms with Crippen molar-refractivity contribution in [2.45, 2.75) is 19.3 Å². The molecule has 27 heavy (non-hydrogen) atoms. The minimum absolute atomic E-state index is 0.0786. The summed E-state index contributed by atoms with van der Waals surface area (Å²) < 4.78 is 0. The number of nitrogens with zero attached hydrogens (tertiary/aromatic N) is 3. The first-order valence-corrected chi connectivity index (χ1v) is 9.49. The van der Waals surface area contributed by atoms with Gasteiger partial charge < -0.3 is 20.9 Å². The third-order valence-corrected chi connectivity index (χ3v) is 5.10. The Bertz CT molecular complexity index is 694.